The highest BCUT2D eigenvalue weighted by Crippen LogP contribution is 2.39. The Morgan fingerprint density at radius 3 is 2.63 bits per heavy atom. The SMILES string of the molecule is CCCCc1nc(O)c(C(=O)N2CC[C@H](c3ccccc3)C2)c(=O)n1[C@H](C)C1CC1. The second-order valence-electron chi connectivity index (χ2n) is 8.73. The summed E-state index contributed by atoms with van der Waals surface area (Å²) in [6.45, 7) is 5.24. The van der Waals surface area contributed by atoms with E-state index in [0.717, 1.165) is 32.1 Å². The van der Waals surface area contributed by atoms with Crippen LogP contribution in [0.3, 0.4) is 0 Å². The van der Waals surface area contributed by atoms with Crippen molar-refractivity contribution in [2.75, 3.05) is 13.1 Å². The summed E-state index contributed by atoms with van der Waals surface area (Å²) in [5.41, 5.74) is 0.641. The molecule has 4 rings (SSSR count). The molecule has 1 aliphatic carbocycles. The van der Waals surface area contributed by atoms with Gasteiger partial charge in [0.25, 0.3) is 11.5 Å². The molecule has 30 heavy (non-hydrogen) atoms. The van der Waals surface area contributed by atoms with Crippen LogP contribution in [0, 0.1) is 5.92 Å². The molecule has 160 valence electrons. The summed E-state index contributed by atoms with van der Waals surface area (Å²) in [5.74, 6) is 0.480. The number of carbonyl (C=O) groups is 1. The molecule has 1 amide bonds. The molecule has 0 radical (unpaired) electrons. The molecule has 6 heteroatoms. The lowest BCUT2D eigenvalue weighted by molar-refractivity contribution is 0.0783. The Morgan fingerprint density at radius 1 is 1.23 bits per heavy atom. The van der Waals surface area contributed by atoms with Crippen LogP contribution in [0.25, 0.3) is 0 Å². The fraction of sp³-hybridized carbons (Fsp3) is 0.542. The Bertz CT molecular complexity index is 966. The van der Waals surface area contributed by atoms with Crippen molar-refractivity contribution in [1.82, 2.24) is 14.5 Å². The summed E-state index contributed by atoms with van der Waals surface area (Å²) < 4.78 is 1.69. The largest absolute Gasteiger partial charge is 0.493 e. The van der Waals surface area contributed by atoms with Gasteiger partial charge in [0.2, 0.25) is 5.88 Å². The molecule has 1 saturated heterocycles. The molecule has 1 aliphatic heterocycles. The van der Waals surface area contributed by atoms with E-state index in [1.807, 2.05) is 25.1 Å². The molecule has 2 atom stereocenters. The Balaban J connectivity index is 1.64. The minimum atomic E-state index is -0.418. The number of rotatable bonds is 7. The third kappa shape index (κ3) is 4.00. The van der Waals surface area contributed by atoms with Crippen molar-refractivity contribution >= 4 is 5.91 Å². The van der Waals surface area contributed by atoms with E-state index in [1.165, 1.54) is 5.56 Å². The zero-order valence-electron chi connectivity index (χ0n) is 17.9. The van der Waals surface area contributed by atoms with Crippen LogP contribution < -0.4 is 5.56 Å². The molecule has 1 saturated carbocycles. The summed E-state index contributed by atoms with van der Waals surface area (Å²) in [6.07, 6.45) is 5.53. The maximum absolute atomic E-state index is 13.4. The van der Waals surface area contributed by atoms with Crippen LogP contribution in [-0.4, -0.2) is 38.6 Å². The van der Waals surface area contributed by atoms with E-state index in [-0.39, 0.29) is 23.1 Å². The average Bonchev–Trinajstić information content (AvgIpc) is 3.48. The number of benzene rings is 1. The summed E-state index contributed by atoms with van der Waals surface area (Å²) in [6, 6.07) is 10.1. The second kappa shape index (κ2) is 8.62. The van der Waals surface area contributed by atoms with Gasteiger partial charge in [-0.3, -0.25) is 14.2 Å². The summed E-state index contributed by atoms with van der Waals surface area (Å²) in [4.78, 5) is 32.7. The van der Waals surface area contributed by atoms with Gasteiger partial charge in [0.15, 0.2) is 5.56 Å². The highest BCUT2D eigenvalue weighted by Gasteiger charge is 2.35. The molecule has 2 fully saturated rings. The van der Waals surface area contributed by atoms with Gasteiger partial charge >= 0.3 is 0 Å². The van der Waals surface area contributed by atoms with Gasteiger partial charge < -0.3 is 10.0 Å². The quantitative estimate of drug-likeness (QED) is 0.753. The molecular weight excluding hydrogens is 378 g/mol. The van der Waals surface area contributed by atoms with Crippen LogP contribution in [0.1, 0.15) is 79.7 Å². The highest BCUT2D eigenvalue weighted by molar-refractivity contribution is 5.96. The molecule has 2 aliphatic rings. The molecule has 1 N–H and O–H groups in total. The Morgan fingerprint density at radius 2 is 1.97 bits per heavy atom. The van der Waals surface area contributed by atoms with Gasteiger partial charge in [-0.2, -0.15) is 4.98 Å². The third-order valence-electron chi connectivity index (χ3n) is 6.60. The first kappa shape index (κ1) is 20.6. The van der Waals surface area contributed by atoms with E-state index in [0.29, 0.717) is 31.3 Å². The lowest BCUT2D eigenvalue weighted by Gasteiger charge is -2.22. The number of hydrogen-bond donors (Lipinski definition) is 1. The van der Waals surface area contributed by atoms with Gasteiger partial charge in [0.05, 0.1) is 0 Å². The van der Waals surface area contributed by atoms with Crippen molar-refractivity contribution in [3.63, 3.8) is 0 Å². The second-order valence-corrected chi connectivity index (χ2v) is 8.73. The fourth-order valence-electron chi connectivity index (χ4n) is 4.57. The first-order valence-electron chi connectivity index (χ1n) is 11.2. The molecule has 1 aromatic heterocycles. The van der Waals surface area contributed by atoms with Crippen LogP contribution >= 0.6 is 0 Å². The number of nitrogens with zero attached hydrogens (tertiary/aromatic N) is 3. The normalized spacial score (nSPS) is 19.8. The predicted molar refractivity (Wildman–Crippen MR) is 116 cm³/mol. The first-order chi connectivity index (χ1) is 14.5. The van der Waals surface area contributed by atoms with Gasteiger partial charge in [0.1, 0.15) is 5.82 Å². The van der Waals surface area contributed by atoms with Gasteiger partial charge in [0, 0.05) is 31.5 Å². The van der Waals surface area contributed by atoms with Crippen LogP contribution in [-0.2, 0) is 6.42 Å². The Kier molecular flexibility index (Phi) is 5.93. The lowest BCUT2D eigenvalue weighted by atomic mass is 9.99. The van der Waals surface area contributed by atoms with Crippen LogP contribution in [0.2, 0.25) is 0 Å². The zero-order chi connectivity index (χ0) is 21.3. The molecular formula is C24H31N3O3. The summed E-state index contributed by atoms with van der Waals surface area (Å²) in [5, 5.41) is 10.6. The zero-order valence-corrected chi connectivity index (χ0v) is 17.9. The number of unbranched alkanes of at least 4 members (excludes halogenated alkanes) is 1. The smallest absolute Gasteiger partial charge is 0.270 e. The van der Waals surface area contributed by atoms with Crippen LogP contribution in [0.15, 0.2) is 35.1 Å². The van der Waals surface area contributed by atoms with E-state index in [4.69, 9.17) is 0 Å². The molecule has 0 spiro atoms. The van der Waals surface area contributed by atoms with E-state index in [1.54, 1.807) is 9.47 Å². The van der Waals surface area contributed by atoms with Gasteiger partial charge in [-0.15, -0.1) is 0 Å². The third-order valence-corrected chi connectivity index (χ3v) is 6.60. The van der Waals surface area contributed by atoms with Crippen molar-refractivity contribution in [3.05, 3.63) is 57.6 Å². The van der Waals surface area contributed by atoms with E-state index >= 15 is 0 Å². The Labute approximate surface area is 177 Å². The molecule has 6 nitrogen and oxygen atoms in total. The van der Waals surface area contributed by atoms with Crippen molar-refractivity contribution < 1.29 is 9.90 Å². The molecule has 0 unspecified atom stereocenters. The highest BCUT2D eigenvalue weighted by atomic mass is 16.3. The molecule has 2 heterocycles. The van der Waals surface area contributed by atoms with Crippen LogP contribution in [0.4, 0.5) is 0 Å². The first-order valence-corrected chi connectivity index (χ1v) is 11.2. The fourth-order valence-corrected chi connectivity index (χ4v) is 4.57. The number of carbonyl (C=O) groups excluding carboxylic acids is 1. The lowest BCUT2D eigenvalue weighted by Crippen LogP contribution is -2.38. The average molecular weight is 410 g/mol. The van der Waals surface area contributed by atoms with Gasteiger partial charge in [-0.05, 0) is 44.1 Å². The number of amides is 1. The van der Waals surface area contributed by atoms with Crippen molar-refractivity contribution in [2.45, 2.75) is 64.3 Å². The van der Waals surface area contributed by atoms with Crippen molar-refractivity contribution in [3.8, 4) is 5.88 Å². The minimum Gasteiger partial charge on any atom is -0.493 e. The molecule has 0 bridgehead atoms. The number of likely N-dealkylation sites (tertiary alicyclic amines) is 1. The standard InChI is InChI=1S/C24H31N3O3/c1-3-4-10-20-25-22(28)21(24(30)27(20)16(2)17-11-12-17)23(29)26-14-13-19(15-26)18-8-6-5-7-9-18/h5-9,16-17,19,28H,3-4,10-15H2,1-2H3/t16-,19+/m1/s1. The minimum absolute atomic E-state index is 0.000323. The van der Waals surface area contributed by atoms with Gasteiger partial charge in [-0.1, -0.05) is 43.7 Å². The Hall–Kier alpha value is -2.63. The number of aryl methyl sites for hydroxylation is 1. The summed E-state index contributed by atoms with van der Waals surface area (Å²) >= 11 is 0. The van der Waals surface area contributed by atoms with E-state index < -0.39 is 11.8 Å². The van der Waals surface area contributed by atoms with E-state index in [2.05, 4.69) is 24.0 Å². The maximum atomic E-state index is 13.4. The van der Waals surface area contributed by atoms with Gasteiger partial charge in [-0.25, -0.2) is 0 Å². The van der Waals surface area contributed by atoms with Crippen molar-refractivity contribution in [1.29, 1.82) is 0 Å². The van der Waals surface area contributed by atoms with E-state index in [9.17, 15) is 14.7 Å². The number of aromatic hydroxyl groups is 1. The monoisotopic (exact) mass is 409 g/mol. The number of hydrogen-bond acceptors (Lipinski definition) is 4. The predicted octanol–water partition coefficient (Wildman–Crippen LogP) is 3.89. The maximum Gasteiger partial charge on any atom is 0.270 e. The molecule has 2 aromatic rings. The topological polar surface area (TPSA) is 75.4 Å². The molecule has 1 aromatic carbocycles. The van der Waals surface area contributed by atoms with Crippen molar-refractivity contribution in [2.24, 2.45) is 5.92 Å². The summed E-state index contributed by atoms with van der Waals surface area (Å²) in [7, 11) is 0. The number of aromatic nitrogens is 2. The van der Waals surface area contributed by atoms with Crippen LogP contribution in [0.5, 0.6) is 5.88 Å².